The minimum absolute atomic E-state index is 0.0572. The summed E-state index contributed by atoms with van der Waals surface area (Å²) >= 11 is 0. The lowest BCUT2D eigenvalue weighted by atomic mass is 9.82. The van der Waals surface area contributed by atoms with Crippen molar-refractivity contribution in [3.63, 3.8) is 0 Å². The number of likely N-dealkylation sites (tertiary alicyclic amines) is 1. The van der Waals surface area contributed by atoms with E-state index in [1.165, 1.54) is 0 Å². The van der Waals surface area contributed by atoms with Crippen LogP contribution in [0.3, 0.4) is 0 Å². The Labute approximate surface area is 140 Å². The maximum absolute atomic E-state index is 12.6. The van der Waals surface area contributed by atoms with Crippen LogP contribution in [-0.4, -0.2) is 48.7 Å². The Kier molecular flexibility index (Phi) is 3.76. The van der Waals surface area contributed by atoms with Crippen molar-refractivity contribution in [2.24, 2.45) is 11.3 Å². The number of ether oxygens (including phenoxy) is 2. The van der Waals surface area contributed by atoms with Crippen molar-refractivity contribution in [2.45, 2.75) is 6.92 Å². The molecule has 126 valence electrons. The molecule has 0 saturated carbocycles. The highest BCUT2D eigenvalue weighted by Crippen LogP contribution is 2.42. The van der Waals surface area contributed by atoms with Crippen molar-refractivity contribution >= 4 is 5.91 Å². The summed E-state index contributed by atoms with van der Waals surface area (Å²) < 4.78 is 17.1. The molecule has 0 N–H and O–H groups in total. The second kappa shape index (κ2) is 5.94. The van der Waals surface area contributed by atoms with Crippen molar-refractivity contribution < 1.29 is 18.7 Å². The number of amides is 1. The smallest absolute Gasteiger partial charge is 0.289 e. The molecule has 2 aromatic rings. The second-order valence-electron chi connectivity index (χ2n) is 6.65. The molecular weight excluding hydrogens is 308 g/mol. The summed E-state index contributed by atoms with van der Waals surface area (Å²) in [7, 11) is 0. The fourth-order valence-electron chi connectivity index (χ4n) is 3.56. The molecule has 6 nitrogen and oxygen atoms in total. The summed E-state index contributed by atoms with van der Waals surface area (Å²) in [6.07, 6.45) is 3.42. The normalized spacial score (nSPS) is 25.7. The Hall–Kier alpha value is -2.34. The summed E-state index contributed by atoms with van der Waals surface area (Å²) in [6, 6.07) is 7.28. The van der Waals surface area contributed by atoms with Crippen LogP contribution in [0.25, 0.3) is 0 Å². The quantitative estimate of drug-likeness (QED) is 0.860. The maximum atomic E-state index is 12.6. The number of furan rings is 1. The number of aromatic nitrogens is 1. The SMILES string of the molecule is Cc1ccc(C(=O)N2C[C@@H]3COC[C@]3(COc3cccnc3)C2)o1. The van der Waals surface area contributed by atoms with Crippen molar-refractivity contribution in [3.05, 3.63) is 48.2 Å². The topological polar surface area (TPSA) is 64.8 Å². The van der Waals surface area contributed by atoms with E-state index in [-0.39, 0.29) is 17.2 Å². The van der Waals surface area contributed by atoms with E-state index in [0.29, 0.717) is 38.7 Å². The van der Waals surface area contributed by atoms with Gasteiger partial charge in [-0.3, -0.25) is 9.78 Å². The molecule has 0 aromatic carbocycles. The lowest BCUT2D eigenvalue weighted by Gasteiger charge is -2.26. The largest absolute Gasteiger partial charge is 0.491 e. The molecule has 0 bridgehead atoms. The van der Waals surface area contributed by atoms with E-state index >= 15 is 0 Å². The Morgan fingerprint density at radius 3 is 3.12 bits per heavy atom. The van der Waals surface area contributed by atoms with Crippen LogP contribution >= 0.6 is 0 Å². The van der Waals surface area contributed by atoms with Gasteiger partial charge >= 0.3 is 0 Å². The van der Waals surface area contributed by atoms with Gasteiger partial charge in [0.15, 0.2) is 5.76 Å². The molecular formula is C18H20N2O4. The molecule has 1 amide bonds. The molecule has 2 fully saturated rings. The third kappa shape index (κ3) is 2.67. The zero-order chi connectivity index (χ0) is 16.6. The van der Waals surface area contributed by atoms with Gasteiger partial charge in [0, 0.05) is 25.2 Å². The summed E-state index contributed by atoms with van der Waals surface area (Å²) in [5.74, 6) is 2.11. The van der Waals surface area contributed by atoms with Gasteiger partial charge in [-0.25, -0.2) is 0 Å². The molecule has 2 aromatic heterocycles. The molecule has 2 saturated heterocycles. The minimum atomic E-state index is -0.160. The number of hydrogen-bond acceptors (Lipinski definition) is 5. The van der Waals surface area contributed by atoms with E-state index in [0.717, 1.165) is 11.5 Å². The lowest BCUT2D eigenvalue weighted by molar-refractivity contribution is 0.0633. The molecule has 0 aliphatic carbocycles. The van der Waals surface area contributed by atoms with E-state index in [1.54, 1.807) is 18.5 Å². The van der Waals surface area contributed by atoms with Gasteiger partial charge in [-0.2, -0.15) is 0 Å². The first kappa shape index (κ1) is 15.2. The molecule has 0 spiro atoms. The zero-order valence-corrected chi connectivity index (χ0v) is 13.6. The Morgan fingerprint density at radius 2 is 2.38 bits per heavy atom. The molecule has 2 atom stereocenters. The number of pyridine rings is 1. The van der Waals surface area contributed by atoms with Crippen LogP contribution in [0.15, 0.2) is 41.1 Å². The number of carbonyl (C=O) groups is 1. The maximum Gasteiger partial charge on any atom is 0.289 e. The van der Waals surface area contributed by atoms with Crippen LogP contribution < -0.4 is 4.74 Å². The molecule has 0 unspecified atom stereocenters. The van der Waals surface area contributed by atoms with E-state index < -0.39 is 0 Å². The monoisotopic (exact) mass is 328 g/mol. The predicted molar refractivity (Wildman–Crippen MR) is 85.8 cm³/mol. The first-order valence-electron chi connectivity index (χ1n) is 8.13. The van der Waals surface area contributed by atoms with Crippen molar-refractivity contribution in [3.8, 4) is 5.75 Å². The van der Waals surface area contributed by atoms with Gasteiger partial charge in [-0.05, 0) is 31.2 Å². The van der Waals surface area contributed by atoms with Crippen molar-refractivity contribution in [1.29, 1.82) is 0 Å². The molecule has 2 aliphatic heterocycles. The predicted octanol–water partition coefficient (Wildman–Crippen LogP) is 2.15. The summed E-state index contributed by atoms with van der Waals surface area (Å²) in [4.78, 5) is 18.6. The highest BCUT2D eigenvalue weighted by atomic mass is 16.5. The molecule has 4 heterocycles. The first-order chi connectivity index (χ1) is 11.7. The Balaban J connectivity index is 1.47. The van der Waals surface area contributed by atoms with Crippen LogP contribution in [-0.2, 0) is 4.74 Å². The van der Waals surface area contributed by atoms with Gasteiger partial charge in [0.2, 0.25) is 0 Å². The van der Waals surface area contributed by atoms with Gasteiger partial charge in [0.25, 0.3) is 5.91 Å². The van der Waals surface area contributed by atoms with E-state index in [4.69, 9.17) is 13.9 Å². The molecule has 2 aliphatic rings. The molecule has 0 radical (unpaired) electrons. The second-order valence-corrected chi connectivity index (χ2v) is 6.65. The highest BCUT2D eigenvalue weighted by molar-refractivity contribution is 5.91. The zero-order valence-electron chi connectivity index (χ0n) is 13.6. The number of aryl methyl sites for hydroxylation is 1. The van der Waals surface area contributed by atoms with Gasteiger partial charge in [-0.1, -0.05) is 0 Å². The average Bonchev–Trinajstić information content (AvgIpc) is 3.27. The number of rotatable bonds is 4. The molecule has 24 heavy (non-hydrogen) atoms. The average molecular weight is 328 g/mol. The lowest BCUT2D eigenvalue weighted by Crippen LogP contribution is -2.38. The van der Waals surface area contributed by atoms with E-state index in [2.05, 4.69) is 4.98 Å². The minimum Gasteiger partial charge on any atom is -0.491 e. The van der Waals surface area contributed by atoms with Gasteiger partial charge < -0.3 is 18.8 Å². The summed E-state index contributed by atoms with van der Waals surface area (Å²) in [6.45, 7) is 4.93. The van der Waals surface area contributed by atoms with E-state index in [9.17, 15) is 4.79 Å². The molecule has 4 rings (SSSR count). The van der Waals surface area contributed by atoms with Crippen LogP contribution in [0.4, 0.5) is 0 Å². The fourth-order valence-corrected chi connectivity index (χ4v) is 3.56. The fraction of sp³-hybridized carbons (Fsp3) is 0.444. The first-order valence-corrected chi connectivity index (χ1v) is 8.13. The number of carbonyl (C=O) groups excluding carboxylic acids is 1. The number of fused-ring (bicyclic) bond motifs is 1. The third-order valence-electron chi connectivity index (χ3n) is 4.92. The standard InChI is InChI=1S/C18H20N2O4/c1-13-4-5-16(24-13)17(21)20-8-14-9-22-11-18(14,10-20)12-23-15-3-2-6-19-7-15/h2-7,14H,8-12H2,1H3/t14-,18+/m1/s1. The van der Waals surface area contributed by atoms with E-state index in [1.807, 2.05) is 30.0 Å². The van der Waals surface area contributed by atoms with Crippen molar-refractivity contribution in [2.75, 3.05) is 32.9 Å². The Morgan fingerprint density at radius 1 is 1.46 bits per heavy atom. The summed E-state index contributed by atoms with van der Waals surface area (Å²) in [5.41, 5.74) is -0.160. The number of hydrogen-bond donors (Lipinski definition) is 0. The number of nitrogens with zero attached hydrogens (tertiary/aromatic N) is 2. The van der Waals surface area contributed by atoms with Gasteiger partial charge in [0.05, 0.1) is 31.4 Å². The Bertz CT molecular complexity index is 730. The third-order valence-corrected chi connectivity index (χ3v) is 4.92. The molecule has 6 heteroatoms. The van der Waals surface area contributed by atoms with Gasteiger partial charge in [0.1, 0.15) is 11.5 Å². The van der Waals surface area contributed by atoms with Crippen LogP contribution in [0, 0.1) is 18.3 Å². The van der Waals surface area contributed by atoms with Crippen LogP contribution in [0.2, 0.25) is 0 Å². The van der Waals surface area contributed by atoms with Crippen LogP contribution in [0.5, 0.6) is 5.75 Å². The van der Waals surface area contributed by atoms with Gasteiger partial charge in [-0.15, -0.1) is 0 Å². The van der Waals surface area contributed by atoms with Crippen LogP contribution in [0.1, 0.15) is 16.3 Å². The highest BCUT2D eigenvalue weighted by Gasteiger charge is 2.52. The van der Waals surface area contributed by atoms with Crippen molar-refractivity contribution in [1.82, 2.24) is 9.88 Å². The summed E-state index contributed by atoms with van der Waals surface area (Å²) in [5, 5.41) is 0.